The van der Waals surface area contributed by atoms with E-state index in [1.54, 1.807) is 0 Å². The second-order valence-electron chi connectivity index (χ2n) is 8.55. The molecular weight excluding hydrogens is 503 g/mol. The van der Waals surface area contributed by atoms with Crippen molar-refractivity contribution in [1.82, 2.24) is 0 Å². The number of ether oxygens (including phenoxy) is 4. The van der Waals surface area contributed by atoms with E-state index in [2.05, 4.69) is 14.3 Å². The number of halogens is 4. The van der Waals surface area contributed by atoms with Crippen molar-refractivity contribution in [2.24, 2.45) is 0 Å². The number of fused-ring (bicyclic) bond motifs is 1. The Balaban J connectivity index is 2.18. The molecule has 194 valence electrons. The summed E-state index contributed by atoms with van der Waals surface area (Å²) in [7, 11) is 0. The number of esters is 1. The fourth-order valence-electron chi connectivity index (χ4n) is 2.98. The van der Waals surface area contributed by atoms with Crippen molar-refractivity contribution in [2.75, 3.05) is 6.61 Å². The second-order valence-corrected chi connectivity index (χ2v) is 8.96. The highest BCUT2D eigenvalue weighted by molar-refractivity contribution is 6.31. The Morgan fingerprint density at radius 2 is 1.83 bits per heavy atom. The summed E-state index contributed by atoms with van der Waals surface area (Å²) in [5.41, 5.74) is -0.692. The highest BCUT2D eigenvalue weighted by atomic mass is 35.5. The molecule has 14 heteroatoms. The van der Waals surface area contributed by atoms with Crippen LogP contribution in [-0.4, -0.2) is 48.5 Å². The van der Waals surface area contributed by atoms with E-state index in [1.165, 1.54) is 19.1 Å². The van der Waals surface area contributed by atoms with Crippen LogP contribution in [0.3, 0.4) is 0 Å². The number of nitrogens with zero attached hydrogens (tertiary/aromatic N) is 1. The number of alkyl halides is 3. The summed E-state index contributed by atoms with van der Waals surface area (Å²) in [5, 5.41) is 9.39. The van der Waals surface area contributed by atoms with Crippen molar-refractivity contribution in [3.8, 4) is 5.75 Å². The van der Waals surface area contributed by atoms with Crippen molar-refractivity contribution in [2.45, 2.75) is 64.7 Å². The Kier molecular flexibility index (Phi) is 8.47. The van der Waals surface area contributed by atoms with Crippen molar-refractivity contribution >= 4 is 29.8 Å². The first-order chi connectivity index (χ1) is 16.0. The molecule has 0 saturated carbocycles. The summed E-state index contributed by atoms with van der Waals surface area (Å²) in [5.74, 6) is -1.57. The lowest BCUT2D eigenvalue weighted by molar-refractivity contribution is -0.767. The standard InChI is InChI=1S/C21H23ClF3NO9/c1-10(35-26(29)30)9-31-19(28)33-11(2)32-18(27)13-6-12-7-15(22)14(20(3,4)5)8-16(12)34-17(13)21(23,24)25/h6-8,10-11,17H,9H2,1-5H3/t10?,11?,17-/m0/s1. The summed E-state index contributed by atoms with van der Waals surface area (Å²) < 4.78 is 60.2. The zero-order valence-electron chi connectivity index (χ0n) is 19.3. The van der Waals surface area contributed by atoms with Gasteiger partial charge >= 0.3 is 18.3 Å². The van der Waals surface area contributed by atoms with Gasteiger partial charge in [0.15, 0.2) is 0 Å². The van der Waals surface area contributed by atoms with Gasteiger partial charge in [0.25, 0.3) is 5.09 Å². The lowest BCUT2D eigenvalue weighted by atomic mass is 9.85. The van der Waals surface area contributed by atoms with Gasteiger partial charge in [0.2, 0.25) is 12.4 Å². The van der Waals surface area contributed by atoms with Gasteiger partial charge in [0.05, 0.1) is 5.57 Å². The first-order valence-corrected chi connectivity index (χ1v) is 10.5. The molecule has 0 fully saturated rings. The Bertz CT molecular complexity index is 1020. The fraction of sp³-hybridized carbons (Fsp3) is 0.524. The molecule has 0 bridgehead atoms. The van der Waals surface area contributed by atoms with E-state index >= 15 is 0 Å². The Labute approximate surface area is 203 Å². The highest BCUT2D eigenvalue weighted by Crippen LogP contribution is 2.42. The summed E-state index contributed by atoms with van der Waals surface area (Å²) in [6, 6.07) is 2.77. The zero-order valence-corrected chi connectivity index (χ0v) is 20.1. The number of carbonyl (C=O) groups is 2. The summed E-state index contributed by atoms with van der Waals surface area (Å²) in [6.45, 7) is 7.21. The average molecular weight is 526 g/mol. The number of rotatable bonds is 7. The largest absolute Gasteiger partial charge is 0.511 e. The van der Waals surface area contributed by atoms with E-state index in [9.17, 15) is 32.9 Å². The molecule has 1 aliphatic heterocycles. The van der Waals surface area contributed by atoms with Crippen LogP contribution < -0.4 is 4.74 Å². The van der Waals surface area contributed by atoms with Gasteiger partial charge in [-0.05, 0) is 36.1 Å². The SMILES string of the molecule is CC(COC(=O)OC(C)OC(=O)C1=Cc2cc(Cl)c(C(C)(C)C)cc2O[C@@H]1C(F)(F)F)O[N+](=O)[O-]. The van der Waals surface area contributed by atoms with Crippen LogP contribution in [0.5, 0.6) is 5.75 Å². The van der Waals surface area contributed by atoms with Gasteiger partial charge < -0.3 is 23.8 Å². The average Bonchev–Trinajstić information content (AvgIpc) is 2.68. The van der Waals surface area contributed by atoms with E-state index in [0.29, 0.717) is 5.56 Å². The third kappa shape index (κ3) is 7.64. The van der Waals surface area contributed by atoms with Gasteiger partial charge in [-0.2, -0.15) is 13.2 Å². The second kappa shape index (κ2) is 10.6. The minimum absolute atomic E-state index is 0.114. The van der Waals surface area contributed by atoms with Crippen molar-refractivity contribution in [3.63, 3.8) is 0 Å². The van der Waals surface area contributed by atoms with Gasteiger partial charge in [-0.3, -0.25) is 0 Å². The maximum absolute atomic E-state index is 13.7. The minimum atomic E-state index is -4.97. The van der Waals surface area contributed by atoms with Crippen LogP contribution >= 0.6 is 11.6 Å². The van der Waals surface area contributed by atoms with Crippen molar-refractivity contribution in [3.05, 3.63) is 44.0 Å². The highest BCUT2D eigenvalue weighted by Gasteiger charge is 2.49. The summed E-state index contributed by atoms with van der Waals surface area (Å²) in [4.78, 5) is 38.5. The lowest BCUT2D eigenvalue weighted by Crippen LogP contribution is -2.41. The normalized spacial score (nSPS) is 17.2. The molecule has 2 unspecified atom stereocenters. The van der Waals surface area contributed by atoms with Gasteiger partial charge in [-0.25, -0.2) is 9.59 Å². The van der Waals surface area contributed by atoms with E-state index in [0.717, 1.165) is 13.0 Å². The molecule has 10 nitrogen and oxygen atoms in total. The van der Waals surface area contributed by atoms with Crippen LogP contribution in [0.2, 0.25) is 5.02 Å². The Morgan fingerprint density at radius 3 is 2.37 bits per heavy atom. The predicted molar refractivity (Wildman–Crippen MR) is 114 cm³/mol. The molecule has 0 amide bonds. The van der Waals surface area contributed by atoms with E-state index in [4.69, 9.17) is 21.1 Å². The first kappa shape index (κ1) is 28.0. The molecule has 1 aromatic rings. The molecule has 1 aromatic carbocycles. The molecule has 0 aromatic heterocycles. The summed E-state index contributed by atoms with van der Waals surface area (Å²) >= 11 is 6.28. The topological polar surface area (TPSA) is 123 Å². The molecule has 0 spiro atoms. The van der Waals surface area contributed by atoms with Crippen LogP contribution in [0.25, 0.3) is 6.08 Å². The van der Waals surface area contributed by atoms with Crippen molar-refractivity contribution < 1.29 is 51.6 Å². The van der Waals surface area contributed by atoms with Gasteiger partial charge in [0.1, 0.15) is 18.5 Å². The molecule has 0 radical (unpaired) electrons. The molecule has 2 rings (SSSR count). The van der Waals surface area contributed by atoms with E-state index in [-0.39, 0.29) is 16.3 Å². The number of carbonyl (C=O) groups excluding carboxylic acids is 2. The molecule has 0 aliphatic carbocycles. The summed E-state index contributed by atoms with van der Waals surface area (Å²) in [6.07, 6.45) is -10.8. The minimum Gasteiger partial charge on any atom is -0.475 e. The Morgan fingerprint density at radius 1 is 1.20 bits per heavy atom. The lowest BCUT2D eigenvalue weighted by Gasteiger charge is -2.30. The van der Waals surface area contributed by atoms with Gasteiger partial charge in [0, 0.05) is 17.5 Å². The van der Waals surface area contributed by atoms with Crippen LogP contribution in [0.4, 0.5) is 18.0 Å². The van der Waals surface area contributed by atoms with Crippen LogP contribution in [0.1, 0.15) is 45.7 Å². The zero-order chi connectivity index (χ0) is 26.7. The fourth-order valence-corrected chi connectivity index (χ4v) is 3.43. The first-order valence-electron chi connectivity index (χ1n) is 10.1. The Hall–Kier alpha value is -3.22. The van der Waals surface area contributed by atoms with E-state index in [1.807, 2.05) is 20.8 Å². The van der Waals surface area contributed by atoms with E-state index < -0.39 is 59.5 Å². The molecule has 1 aliphatic rings. The number of benzene rings is 1. The van der Waals surface area contributed by atoms with Crippen molar-refractivity contribution in [1.29, 1.82) is 0 Å². The molecule has 3 atom stereocenters. The molecule has 35 heavy (non-hydrogen) atoms. The third-order valence-corrected chi connectivity index (χ3v) is 4.83. The molecular formula is C21H23ClF3NO9. The smallest absolute Gasteiger partial charge is 0.475 e. The predicted octanol–water partition coefficient (Wildman–Crippen LogP) is 4.98. The van der Waals surface area contributed by atoms with Gasteiger partial charge in [-0.15, -0.1) is 10.1 Å². The third-order valence-electron chi connectivity index (χ3n) is 4.52. The van der Waals surface area contributed by atoms with Crippen LogP contribution in [0, 0.1) is 10.1 Å². The molecule has 1 heterocycles. The number of hydrogen-bond donors (Lipinski definition) is 0. The quantitative estimate of drug-likeness (QED) is 0.210. The molecule has 0 saturated heterocycles. The maximum Gasteiger partial charge on any atom is 0.511 e. The molecule has 0 N–H and O–H groups in total. The van der Waals surface area contributed by atoms with Gasteiger partial charge in [-0.1, -0.05) is 32.4 Å². The number of hydrogen-bond acceptors (Lipinski definition) is 9. The maximum atomic E-state index is 13.7. The monoisotopic (exact) mass is 525 g/mol. The van der Waals surface area contributed by atoms with Crippen LogP contribution in [0.15, 0.2) is 17.7 Å². The van der Waals surface area contributed by atoms with Crippen LogP contribution in [-0.2, 0) is 29.3 Å².